The van der Waals surface area contributed by atoms with Crippen molar-refractivity contribution in [1.82, 2.24) is 4.90 Å². The van der Waals surface area contributed by atoms with Crippen molar-refractivity contribution in [2.24, 2.45) is 17.1 Å². The number of carbonyl (C=O) groups excluding carboxylic acids is 1. The number of amides is 1. The molecule has 19 heavy (non-hydrogen) atoms. The molecule has 2 unspecified atom stereocenters. The molecule has 2 atom stereocenters. The molecule has 4 heteroatoms. The van der Waals surface area contributed by atoms with Crippen LogP contribution in [0.15, 0.2) is 30.3 Å². The van der Waals surface area contributed by atoms with Crippen LogP contribution in [-0.4, -0.2) is 30.6 Å². The average molecular weight is 260 g/mol. The van der Waals surface area contributed by atoms with Crippen LogP contribution in [0.3, 0.4) is 0 Å². The molecule has 1 aliphatic carbocycles. The second kappa shape index (κ2) is 4.85. The normalized spacial score (nSPS) is 28.7. The number of hydrogen-bond donors (Lipinski definition) is 1. The largest absolute Gasteiger partial charge is 0.445 e. The van der Waals surface area contributed by atoms with Crippen molar-refractivity contribution < 1.29 is 9.53 Å². The Morgan fingerprint density at radius 3 is 2.89 bits per heavy atom. The Bertz CT molecular complexity index is 462. The number of hydrogen-bond acceptors (Lipinski definition) is 3. The van der Waals surface area contributed by atoms with Crippen molar-refractivity contribution in [1.29, 1.82) is 0 Å². The summed E-state index contributed by atoms with van der Waals surface area (Å²) in [5, 5.41) is 0. The molecule has 1 saturated heterocycles. The van der Waals surface area contributed by atoms with Gasteiger partial charge in [0.15, 0.2) is 0 Å². The van der Waals surface area contributed by atoms with Gasteiger partial charge in [0, 0.05) is 13.1 Å². The van der Waals surface area contributed by atoms with Crippen LogP contribution in [0.2, 0.25) is 0 Å². The van der Waals surface area contributed by atoms with E-state index < -0.39 is 0 Å². The van der Waals surface area contributed by atoms with Gasteiger partial charge in [0.1, 0.15) is 6.61 Å². The summed E-state index contributed by atoms with van der Waals surface area (Å²) in [6.07, 6.45) is 2.00. The van der Waals surface area contributed by atoms with Crippen LogP contribution < -0.4 is 5.73 Å². The maximum atomic E-state index is 12.0. The van der Waals surface area contributed by atoms with Crippen LogP contribution in [-0.2, 0) is 11.3 Å². The number of nitrogens with two attached hydrogens (primary N) is 1. The highest BCUT2D eigenvalue weighted by atomic mass is 16.6. The first-order valence-electron chi connectivity index (χ1n) is 6.89. The molecule has 1 aromatic carbocycles. The molecule has 1 saturated carbocycles. The van der Waals surface area contributed by atoms with Gasteiger partial charge < -0.3 is 15.4 Å². The van der Waals surface area contributed by atoms with Gasteiger partial charge in [0.25, 0.3) is 0 Å². The van der Waals surface area contributed by atoms with Crippen LogP contribution in [0.25, 0.3) is 0 Å². The molecule has 3 rings (SSSR count). The van der Waals surface area contributed by atoms with E-state index in [1.807, 2.05) is 35.2 Å². The summed E-state index contributed by atoms with van der Waals surface area (Å²) < 4.78 is 5.36. The predicted molar refractivity (Wildman–Crippen MR) is 72.4 cm³/mol. The molecule has 2 N–H and O–H groups in total. The standard InChI is InChI=1S/C15H20N2O2/c16-11-15-6-7-17(9-13(15)8-15)14(18)19-10-12-4-2-1-3-5-12/h1-5,13H,6-11,16H2. The number of likely N-dealkylation sites (tertiary alicyclic amines) is 1. The van der Waals surface area contributed by atoms with Crippen molar-refractivity contribution >= 4 is 6.09 Å². The fraction of sp³-hybridized carbons (Fsp3) is 0.533. The summed E-state index contributed by atoms with van der Waals surface area (Å²) >= 11 is 0. The zero-order valence-corrected chi connectivity index (χ0v) is 11.0. The second-order valence-corrected chi connectivity index (χ2v) is 5.70. The lowest BCUT2D eigenvalue weighted by molar-refractivity contribution is 0.0816. The maximum Gasteiger partial charge on any atom is 0.410 e. The molecular weight excluding hydrogens is 240 g/mol. The Labute approximate surface area is 113 Å². The molecule has 0 spiro atoms. The van der Waals surface area contributed by atoms with Gasteiger partial charge in [-0.15, -0.1) is 0 Å². The average Bonchev–Trinajstić information content (AvgIpc) is 3.20. The Kier molecular flexibility index (Phi) is 3.19. The lowest BCUT2D eigenvalue weighted by Gasteiger charge is -2.30. The van der Waals surface area contributed by atoms with Gasteiger partial charge in [-0.2, -0.15) is 0 Å². The number of fused-ring (bicyclic) bond motifs is 1. The van der Waals surface area contributed by atoms with Crippen LogP contribution in [0.5, 0.6) is 0 Å². The zero-order chi connectivity index (χ0) is 13.3. The van der Waals surface area contributed by atoms with Gasteiger partial charge in [0.05, 0.1) is 0 Å². The number of carbonyl (C=O) groups is 1. The smallest absolute Gasteiger partial charge is 0.410 e. The van der Waals surface area contributed by atoms with Gasteiger partial charge in [-0.1, -0.05) is 30.3 Å². The quantitative estimate of drug-likeness (QED) is 0.904. The Morgan fingerprint density at radius 1 is 1.42 bits per heavy atom. The van der Waals surface area contributed by atoms with Crippen LogP contribution in [0.4, 0.5) is 4.79 Å². The monoisotopic (exact) mass is 260 g/mol. The van der Waals surface area contributed by atoms with Crippen molar-refractivity contribution in [2.75, 3.05) is 19.6 Å². The number of piperidine rings is 1. The van der Waals surface area contributed by atoms with E-state index in [-0.39, 0.29) is 6.09 Å². The first-order chi connectivity index (χ1) is 9.23. The summed E-state index contributed by atoms with van der Waals surface area (Å²) in [4.78, 5) is 13.8. The second-order valence-electron chi connectivity index (χ2n) is 5.70. The van der Waals surface area contributed by atoms with E-state index in [0.29, 0.717) is 17.9 Å². The molecule has 0 radical (unpaired) electrons. The predicted octanol–water partition coefficient (Wildman–Crippen LogP) is 1.99. The zero-order valence-electron chi connectivity index (χ0n) is 11.0. The number of rotatable bonds is 3. The molecule has 1 aliphatic heterocycles. The van der Waals surface area contributed by atoms with Crippen LogP contribution in [0, 0.1) is 11.3 Å². The van der Waals surface area contributed by atoms with Gasteiger partial charge in [-0.3, -0.25) is 0 Å². The summed E-state index contributed by atoms with van der Waals surface area (Å²) in [5.74, 6) is 0.593. The fourth-order valence-electron chi connectivity index (χ4n) is 3.04. The van der Waals surface area contributed by atoms with Crippen molar-refractivity contribution in [3.05, 3.63) is 35.9 Å². The summed E-state index contributed by atoms with van der Waals surface area (Å²) in [7, 11) is 0. The van der Waals surface area contributed by atoms with E-state index in [1.54, 1.807) is 0 Å². The minimum atomic E-state index is -0.193. The first kappa shape index (κ1) is 12.5. The highest BCUT2D eigenvalue weighted by Crippen LogP contribution is 2.57. The number of nitrogens with zero attached hydrogens (tertiary/aromatic N) is 1. The minimum absolute atomic E-state index is 0.193. The first-order valence-corrected chi connectivity index (χ1v) is 6.89. The topological polar surface area (TPSA) is 55.6 Å². The van der Waals surface area contributed by atoms with Crippen LogP contribution in [0.1, 0.15) is 18.4 Å². The van der Waals surface area contributed by atoms with Crippen molar-refractivity contribution in [3.63, 3.8) is 0 Å². The van der Waals surface area contributed by atoms with E-state index in [0.717, 1.165) is 31.6 Å². The van der Waals surface area contributed by atoms with Gasteiger partial charge in [-0.25, -0.2) is 4.79 Å². The van der Waals surface area contributed by atoms with Crippen LogP contribution >= 0.6 is 0 Å². The lowest BCUT2D eigenvalue weighted by Crippen LogP contribution is -2.41. The fourth-order valence-corrected chi connectivity index (χ4v) is 3.04. The third kappa shape index (κ3) is 2.45. The van der Waals surface area contributed by atoms with Crippen molar-refractivity contribution in [3.8, 4) is 0 Å². The van der Waals surface area contributed by atoms with E-state index >= 15 is 0 Å². The summed E-state index contributed by atoms with van der Waals surface area (Å²) in [6, 6.07) is 9.77. The van der Waals surface area contributed by atoms with E-state index in [1.165, 1.54) is 6.42 Å². The van der Waals surface area contributed by atoms with Crippen molar-refractivity contribution in [2.45, 2.75) is 19.4 Å². The SMILES string of the molecule is NCC12CCN(C(=O)OCc3ccccc3)CC1C2. The number of benzene rings is 1. The lowest BCUT2D eigenvalue weighted by atomic mass is 9.96. The van der Waals surface area contributed by atoms with E-state index in [2.05, 4.69) is 0 Å². The van der Waals surface area contributed by atoms with Gasteiger partial charge in [-0.05, 0) is 36.3 Å². The minimum Gasteiger partial charge on any atom is -0.445 e. The molecule has 1 aromatic rings. The third-order valence-corrected chi connectivity index (χ3v) is 4.55. The van der Waals surface area contributed by atoms with E-state index in [4.69, 9.17) is 10.5 Å². The van der Waals surface area contributed by atoms with Gasteiger partial charge >= 0.3 is 6.09 Å². The highest BCUT2D eigenvalue weighted by Gasteiger charge is 2.56. The molecule has 1 amide bonds. The molecular formula is C15H20N2O2. The third-order valence-electron chi connectivity index (χ3n) is 4.55. The highest BCUT2D eigenvalue weighted by molar-refractivity contribution is 5.68. The Morgan fingerprint density at radius 2 is 2.21 bits per heavy atom. The Balaban J connectivity index is 1.49. The molecule has 4 nitrogen and oxygen atoms in total. The number of ether oxygens (including phenoxy) is 1. The molecule has 2 fully saturated rings. The molecule has 1 heterocycles. The molecule has 0 aromatic heterocycles. The Hall–Kier alpha value is -1.55. The summed E-state index contributed by atoms with van der Waals surface area (Å²) in [5.41, 5.74) is 7.17. The molecule has 0 bridgehead atoms. The molecule has 102 valence electrons. The van der Waals surface area contributed by atoms with Gasteiger partial charge in [0.2, 0.25) is 0 Å². The van der Waals surface area contributed by atoms with E-state index in [9.17, 15) is 4.79 Å². The summed E-state index contributed by atoms with van der Waals surface area (Å²) in [6.45, 7) is 2.69. The molecule has 2 aliphatic rings. The maximum absolute atomic E-state index is 12.0.